The number of amides is 2. The predicted molar refractivity (Wildman–Crippen MR) is 93.8 cm³/mol. The van der Waals surface area contributed by atoms with Crippen LogP contribution in [0.3, 0.4) is 0 Å². The summed E-state index contributed by atoms with van der Waals surface area (Å²) in [6.45, 7) is 0. The third-order valence-corrected chi connectivity index (χ3v) is 3.23. The first-order valence-electron chi connectivity index (χ1n) is 7.09. The van der Waals surface area contributed by atoms with Gasteiger partial charge in [-0.1, -0.05) is 47.0 Å². The molecule has 0 aliphatic carbocycles. The van der Waals surface area contributed by atoms with Gasteiger partial charge in [0, 0.05) is 16.8 Å². The fourth-order valence-corrected chi connectivity index (χ4v) is 2.00. The number of hydrogen-bond donors (Lipinski definition) is 2. The van der Waals surface area contributed by atoms with Crippen LogP contribution >= 0.6 is 11.6 Å². The summed E-state index contributed by atoms with van der Waals surface area (Å²) >= 11 is 5.79. The van der Waals surface area contributed by atoms with E-state index < -0.39 is 6.03 Å². The molecule has 1 aromatic heterocycles. The van der Waals surface area contributed by atoms with Crippen molar-refractivity contribution < 1.29 is 9.21 Å². The molecule has 0 saturated heterocycles. The van der Waals surface area contributed by atoms with Crippen molar-refractivity contribution in [2.45, 2.75) is 0 Å². The number of carbonyl (C=O) groups excluding carboxylic acids is 1. The van der Waals surface area contributed by atoms with Crippen molar-refractivity contribution in [1.29, 1.82) is 0 Å². The van der Waals surface area contributed by atoms with Gasteiger partial charge in [-0.25, -0.2) is 4.79 Å². The summed E-state index contributed by atoms with van der Waals surface area (Å²) in [5, 5.41) is 13.3. The van der Waals surface area contributed by atoms with Crippen LogP contribution in [-0.2, 0) is 0 Å². The normalized spacial score (nSPS) is 10.7. The van der Waals surface area contributed by atoms with Crippen molar-refractivity contribution in [2.24, 2.45) is 0 Å². The second kappa shape index (κ2) is 7.43. The Labute approximate surface area is 143 Å². The van der Waals surface area contributed by atoms with E-state index in [0.717, 1.165) is 5.56 Å². The number of nitrogens with zero attached hydrogens (tertiary/aromatic N) is 2. The van der Waals surface area contributed by atoms with Crippen LogP contribution in [0.5, 0.6) is 0 Å². The zero-order chi connectivity index (χ0) is 16.8. The van der Waals surface area contributed by atoms with Gasteiger partial charge in [-0.2, -0.15) is 0 Å². The summed E-state index contributed by atoms with van der Waals surface area (Å²) in [6, 6.07) is 15.9. The van der Waals surface area contributed by atoms with Gasteiger partial charge in [0.15, 0.2) is 0 Å². The van der Waals surface area contributed by atoms with Gasteiger partial charge in [0.1, 0.15) is 0 Å². The molecule has 6 nitrogen and oxygen atoms in total. The highest BCUT2D eigenvalue weighted by Gasteiger charge is 2.08. The predicted octanol–water partition coefficient (Wildman–Crippen LogP) is 4.54. The first kappa shape index (κ1) is 15.8. The maximum Gasteiger partial charge on any atom is 0.327 e. The van der Waals surface area contributed by atoms with Crippen LogP contribution in [0.2, 0.25) is 5.02 Å². The van der Waals surface area contributed by atoms with Gasteiger partial charge in [0.05, 0.1) is 0 Å². The Bertz CT molecular complexity index is 845. The maximum atomic E-state index is 11.9. The second-order valence-electron chi connectivity index (χ2n) is 4.78. The van der Waals surface area contributed by atoms with E-state index in [4.69, 9.17) is 16.0 Å². The molecular weight excluding hydrogens is 328 g/mol. The Kier molecular flexibility index (Phi) is 4.88. The van der Waals surface area contributed by atoms with Crippen LogP contribution in [0.4, 0.5) is 16.5 Å². The van der Waals surface area contributed by atoms with Gasteiger partial charge in [0.2, 0.25) is 5.89 Å². The van der Waals surface area contributed by atoms with E-state index in [1.54, 1.807) is 30.3 Å². The molecule has 0 aliphatic rings. The van der Waals surface area contributed by atoms with Crippen LogP contribution in [0.25, 0.3) is 12.2 Å². The lowest BCUT2D eigenvalue weighted by atomic mass is 10.2. The van der Waals surface area contributed by atoms with E-state index in [0.29, 0.717) is 16.6 Å². The number of halogens is 1. The molecule has 0 unspecified atom stereocenters. The van der Waals surface area contributed by atoms with Crippen molar-refractivity contribution in [3.63, 3.8) is 0 Å². The topological polar surface area (TPSA) is 80.0 Å². The highest BCUT2D eigenvalue weighted by Crippen LogP contribution is 2.14. The van der Waals surface area contributed by atoms with Gasteiger partial charge < -0.3 is 9.73 Å². The van der Waals surface area contributed by atoms with Crippen molar-refractivity contribution >= 4 is 41.5 Å². The molecule has 120 valence electrons. The average Bonchev–Trinajstić information content (AvgIpc) is 3.03. The number of rotatable bonds is 4. The molecule has 0 bridgehead atoms. The Balaban J connectivity index is 1.58. The van der Waals surface area contributed by atoms with Crippen molar-refractivity contribution in [1.82, 2.24) is 10.2 Å². The van der Waals surface area contributed by atoms with E-state index >= 15 is 0 Å². The molecule has 24 heavy (non-hydrogen) atoms. The standard InChI is InChI=1S/C17H13ClN4O2/c18-13-7-9-14(10-8-13)19-16(23)20-17-22-21-15(24-17)11-6-12-4-2-1-3-5-12/h1-11H,(H2,19,20,22,23)/b11-6-. The summed E-state index contributed by atoms with van der Waals surface area (Å²) in [4.78, 5) is 11.9. The number of urea groups is 1. The van der Waals surface area contributed by atoms with Gasteiger partial charge in [-0.3, -0.25) is 5.32 Å². The Morgan fingerprint density at radius 3 is 2.46 bits per heavy atom. The summed E-state index contributed by atoms with van der Waals surface area (Å²) in [7, 11) is 0. The van der Waals surface area contributed by atoms with Gasteiger partial charge in [0.25, 0.3) is 0 Å². The number of anilines is 2. The molecule has 0 saturated carbocycles. The quantitative estimate of drug-likeness (QED) is 0.730. The molecule has 3 rings (SSSR count). The van der Waals surface area contributed by atoms with Crippen LogP contribution in [-0.4, -0.2) is 16.2 Å². The molecule has 0 fully saturated rings. The van der Waals surface area contributed by atoms with Crippen LogP contribution < -0.4 is 10.6 Å². The molecule has 3 aromatic rings. The Hall–Kier alpha value is -3.12. The SMILES string of the molecule is O=C(Nc1ccc(Cl)cc1)Nc1nnc(/C=C\c2ccccc2)o1. The van der Waals surface area contributed by atoms with Crippen LogP contribution in [0.1, 0.15) is 11.5 Å². The summed E-state index contributed by atoms with van der Waals surface area (Å²) in [6.07, 6.45) is 3.51. The minimum absolute atomic E-state index is 0.00850. The lowest BCUT2D eigenvalue weighted by molar-refractivity contribution is 0.261. The minimum Gasteiger partial charge on any atom is -0.404 e. The molecule has 2 aromatic carbocycles. The average molecular weight is 341 g/mol. The third-order valence-electron chi connectivity index (χ3n) is 2.98. The fraction of sp³-hybridized carbons (Fsp3) is 0. The van der Waals surface area contributed by atoms with E-state index in [1.807, 2.05) is 36.4 Å². The summed E-state index contributed by atoms with van der Waals surface area (Å²) in [5.74, 6) is 0.292. The molecule has 0 radical (unpaired) electrons. The lowest BCUT2D eigenvalue weighted by Crippen LogP contribution is -2.19. The molecule has 2 amide bonds. The van der Waals surface area contributed by atoms with Crippen molar-refractivity contribution in [3.05, 3.63) is 71.1 Å². The molecule has 0 atom stereocenters. The second-order valence-corrected chi connectivity index (χ2v) is 5.21. The van der Waals surface area contributed by atoms with Crippen LogP contribution in [0, 0.1) is 0 Å². The zero-order valence-electron chi connectivity index (χ0n) is 12.4. The summed E-state index contributed by atoms with van der Waals surface area (Å²) < 4.78 is 5.33. The van der Waals surface area contributed by atoms with Gasteiger partial charge >= 0.3 is 12.0 Å². The Morgan fingerprint density at radius 1 is 0.958 bits per heavy atom. The molecule has 7 heteroatoms. The van der Waals surface area contributed by atoms with Crippen LogP contribution in [0.15, 0.2) is 59.0 Å². The van der Waals surface area contributed by atoms with E-state index in [-0.39, 0.29) is 6.01 Å². The van der Waals surface area contributed by atoms with E-state index in [1.165, 1.54) is 0 Å². The molecular formula is C17H13ClN4O2. The third kappa shape index (κ3) is 4.44. The number of nitrogens with one attached hydrogen (secondary N) is 2. The zero-order valence-corrected chi connectivity index (χ0v) is 13.2. The van der Waals surface area contributed by atoms with Gasteiger partial charge in [-0.05, 0) is 35.9 Å². The van der Waals surface area contributed by atoms with E-state index in [2.05, 4.69) is 20.8 Å². The minimum atomic E-state index is -0.487. The Morgan fingerprint density at radius 2 is 1.71 bits per heavy atom. The number of carbonyl (C=O) groups is 1. The smallest absolute Gasteiger partial charge is 0.327 e. The highest BCUT2D eigenvalue weighted by atomic mass is 35.5. The monoisotopic (exact) mass is 340 g/mol. The molecule has 2 N–H and O–H groups in total. The summed E-state index contributed by atoms with van der Waals surface area (Å²) in [5.41, 5.74) is 1.60. The molecule has 1 heterocycles. The largest absolute Gasteiger partial charge is 0.404 e. The fourth-order valence-electron chi connectivity index (χ4n) is 1.88. The number of aromatic nitrogens is 2. The first-order chi connectivity index (χ1) is 11.7. The van der Waals surface area contributed by atoms with Crippen molar-refractivity contribution in [2.75, 3.05) is 10.6 Å². The number of benzene rings is 2. The molecule has 0 spiro atoms. The van der Waals surface area contributed by atoms with E-state index in [9.17, 15) is 4.79 Å². The van der Waals surface area contributed by atoms with Crippen molar-refractivity contribution in [3.8, 4) is 0 Å². The lowest BCUT2D eigenvalue weighted by Gasteiger charge is -2.04. The highest BCUT2D eigenvalue weighted by molar-refractivity contribution is 6.30. The maximum absolute atomic E-state index is 11.9. The van der Waals surface area contributed by atoms with Gasteiger partial charge in [-0.15, -0.1) is 5.10 Å². The first-order valence-corrected chi connectivity index (χ1v) is 7.47. The molecule has 0 aliphatic heterocycles. The number of hydrogen-bond acceptors (Lipinski definition) is 4.